The summed E-state index contributed by atoms with van der Waals surface area (Å²) in [7, 11) is 0. The number of hydrogen-bond acceptors (Lipinski definition) is 5. The molecular weight excluding hydrogens is 420 g/mol. The third-order valence-electron chi connectivity index (χ3n) is 6.18. The first-order chi connectivity index (χ1) is 16.0. The number of benzene rings is 2. The maximum Gasteiger partial charge on any atom is 0.409 e. The van der Waals surface area contributed by atoms with Gasteiger partial charge in [0.1, 0.15) is 5.54 Å². The van der Waals surface area contributed by atoms with Crippen LogP contribution in [0.5, 0.6) is 0 Å². The number of rotatable bonds is 7. The molecule has 0 radical (unpaired) electrons. The van der Waals surface area contributed by atoms with E-state index in [4.69, 9.17) is 4.74 Å². The second-order valence-corrected chi connectivity index (χ2v) is 8.52. The third kappa shape index (κ3) is 5.17. The van der Waals surface area contributed by atoms with Gasteiger partial charge in [-0.3, -0.25) is 9.69 Å². The Morgan fingerprint density at radius 1 is 0.909 bits per heavy atom. The summed E-state index contributed by atoms with van der Waals surface area (Å²) >= 11 is 0. The molecule has 0 spiro atoms. The van der Waals surface area contributed by atoms with E-state index in [0.717, 1.165) is 11.1 Å². The predicted molar refractivity (Wildman–Crippen MR) is 123 cm³/mol. The van der Waals surface area contributed by atoms with Crippen LogP contribution in [0.3, 0.4) is 0 Å². The lowest BCUT2D eigenvalue weighted by Crippen LogP contribution is -2.54. The first-order valence-corrected chi connectivity index (χ1v) is 11.4. The van der Waals surface area contributed by atoms with Crippen molar-refractivity contribution in [2.24, 2.45) is 0 Å². The number of ether oxygens (including phenoxy) is 1. The molecule has 0 atom stereocenters. The van der Waals surface area contributed by atoms with Crippen LogP contribution in [0.15, 0.2) is 60.7 Å². The summed E-state index contributed by atoms with van der Waals surface area (Å²) in [5.41, 5.74) is 0.950. The predicted octanol–water partition coefficient (Wildman–Crippen LogP) is 2.49. The fraction of sp³-hybridized carbons (Fsp3) is 0.400. The maximum absolute atomic E-state index is 13.7. The molecule has 4 rings (SSSR count). The Hall–Kier alpha value is -3.39. The first kappa shape index (κ1) is 22.8. The van der Waals surface area contributed by atoms with Gasteiger partial charge < -0.3 is 15.0 Å². The minimum absolute atomic E-state index is 0.201. The normalized spacial score (nSPS) is 18.3. The maximum atomic E-state index is 13.7. The number of hydrogen-bond donors (Lipinski definition) is 1. The Morgan fingerprint density at radius 2 is 1.45 bits per heavy atom. The summed E-state index contributed by atoms with van der Waals surface area (Å²) in [4.78, 5) is 43.6. The van der Waals surface area contributed by atoms with Crippen LogP contribution in [-0.2, 0) is 22.4 Å². The highest BCUT2D eigenvalue weighted by Gasteiger charge is 2.51. The topological polar surface area (TPSA) is 82.2 Å². The van der Waals surface area contributed by atoms with E-state index in [9.17, 15) is 14.4 Å². The number of urea groups is 1. The monoisotopic (exact) mass is 450 g/mol. The molecule has 4 amide bonds. The van der Waals surface area contributed by atoms with Crippen molar-refractivity contribution in [3.8, 4) is 0 Å². The molecule has 1 N–H and O–H groups in total. The second kappa shape index (κ2) is 10.0. The zero-order valence-electron chi connectivity index (χ0n) is 18.9. The Balaban J connectivity index is 1.48. The van der Waals surface area contributed by atoms with Crippen molar-refractivity contribution in [3.63, 3.8) is 0 Å². The highest BCUT2D eigenvalue weighted by Crippen LogP contribution is 2.27. The van der Waals surface area contributed by atoms with Crippen LogP contribution < -0.4 is 5.32 Å². The van der Waals surface area contributed by atoms with Crippen molar-refractivity contribution in [1.82, 2.24) is 20.0 Å². The molecule has 2 aromatic rings. The average molecular weight is 451 g/mol. The van der Waals surface area contributed by atoms with Gasteiger partial charge in [0.15, 0.2) is 0 Å². The van der Waals surface area contributed by atoms with E-state index in [2.05, 4.69) is 5.32 Å². The second-order valence-electron chi connectivity index (χ2n) is 8.52. The van der Waals surface area contributed by atoms with Gasteiger partial charge in [-0.15, -0.1) is 0 Å². The molecular formula is C25H30N4O4. The van der Waals surface area contributed by atoms with Gasteiger partial charge in [-0.25, -0.2) is 14.5 Å². The highest BCUT2D eigenvalue weighted by molar-refractivity contribution is 6.07. The van der Waals surface area contributed by atoms with Gasteiger partial charge >= 0.3 is 12.1 Å². The van der Waals surface area contributed by atoms with E-state index in [-0.39, 0.29) is 24.7 Å². The van der Waals surface area contributed by atoms with Gasteiger partial charge in [0.25, 0.3) is 5.91 Å². The Bertz CT molecular complexity index is 933. The molecule has 174 valence electrons. The van der Waals surface area contributed by atoms with E-state index < -0.39 is 5.54 Å². The fourth-order valence-corrected chi connectivity index (χ4v) is 4.48. The molecule has 2 aromatic carbocycles. The van der Waals surface area contributed by atoms with Crippen LogP contribution in [-0.4, -0.2) is 77.7 Å². The van der Waals surface area contributed by atoms with Gasteiger partial charge in [0.05, 0.1) is 13.3 Å². The Kier molecular flexibility index (Phi) is 6.93. The van der Waals surface area contributed by atoms with Crippen molar-refractivity contribution in [1.29, 1.82) is 0 Å². The van der Waals surface area contributed by atoms with Crippen molar-refractivity contribution < 1.29 is 19.1 Å². The summed E-state index contributed by atoms with van der Waals surface area (Å²) in [6.45, 7) is 4.46. The van der Waals surface area contributed by atoms with Gasteiger partial charge in [0.2, 0.25) is 0 Å². The number of nitrogens with zero attached hydrogens (tertiary/aromatic N) is 3. The molecule has 2 aliphatic rings. The molecule has 0 bridgehead atoms. The number of piperazine rings is 1. The number of amides is 4. The Labute approximate surface area is 194 Å². The first-order valence-electron chi connectivity index (χ1n) is 11.4. The average Bonchev–Trinajstić information content (AvgIpc) is 3.05. The summed E-state index contributed by atoms with van der Waals surface area (Å²) in [6.07, 6.45) is 0.512. The SMILES string of the molecule is CCOC(=O)N1CCN(CN2C(=O)NC(Cc3ccccc3)(Cc3ccccc3)C2=O)CC1. The molecule has 0 saturated carbocycles. The largest absolute Gasteiger partial charge is 0.450 e. The number of carbonyl (C=O) groups is 3. The summed E-state index contributed by atoms with van der Waals surface area (Å²) in [6, 6.07) is 19.2. The minimum Gasteiger partial charge on any atom is -0.450 e. The lowest BCUT2D eigenvalue weighted by atomic mass is 9.84. The van der Waals surface area contributed by atoms with Crippen LogP contribution >= 0.6 is 0 Å². The molecule has 2 fully saturated rings. The highest BCUT2D eigenvalue weighted by atomic mass is 16.6. The molecule has 8 nitrogen and oxygen atoms in total. The van der Waals surface area contributed by atoms with Crippen LogP contribution in [0.4, 0.5) is 9.59 Å². The fourth-order valence-electron chi connectivity index (χ4n) is 4.48. The van der Waals surface area contributed by atoms with Crippen LogP contribution in [0.2, 0.25) is 0 Å². The molecule has 8 heteroatoms. The van der Waals surface area contributed by atoms with Gasteiger partial charge in [0, 0.05) is 39.0 Å². The number of carbonyl (C=O) groups excluding carboxylic acids is 3. The lowest BCUT2D eigenvalue weighted by Gasteiger charge is -2.35. The van der Waals surface area contributed by atoms with Crippen molar-refractivity contribution in [3.05, 3.63) is 71.8 Å². The third-order valence-corrected chi connectivity index (χ3v) is 6.18. The smallest absolute Gasteiger partial charge is 0.409 e. The quantitative estimate of drug-likeness (QED) is 0.656. The lowest BCUT2D eigenvalue weighted by molar-refractivity contribution is -0.133. The van der Waals surface area contributed by atoms with Crippen molar-refractivity contribution >= 4 is 18.0 Å². The van der Waals surface area contributed by atoms with Crippen LogP contribution in [0.1, 0.15) is 18.1 Å². The Morgan fingerprint density at radius 3 is 1.97 bits per heavy atom. The molecule has 33 heavy (non-hydrogen) atoms. The molecule has 2 aliphatic heterocycles. The molecule has 0 aliphatic carbocycles. The standard InChI is InChI=1S/C25H30N4O4/c1-2-33-24(32)28-15-13-27(14-16-28)19-29-22(30)25(26-23(29)31,17-20-9-5-3-6-10-20)18-21-11-7-4-8-12-21/h3-12H,2,13-19H2,1H3,(H,26,31). The van der Waals surface area contributed by atoms with E-state index in [1.807, 2.05) is 65.6 Å². The minimum atomic E-state index is -1.04. The van der Waals surface area contributed by atoms with E-state index in [1.165, 1.54) is 4.90 Å². The summed E-state index contributed by atoms with van der Waals surface area (Å²) < 4.78 is 5.06. The van der Waals surface area contributed by atoms with E-state index >= 15 is 0 Å². The zero-order valence-corrected chi connectivity index (χ0v) is 18.9. The van der Waals surface area contributed by atoms with Gasteiger partial charge in [-0.05, 0) is 18.1 Å². The van der Waals surface area contributed by atoms with Crippen molar-refractivity contribution in [2.75, 3.05) is 39.5 Å². The van der Waals surface area contributed by atoms with Crippen LogP contribution in [0, 0.1) is 0 Å². The van der Waals surface area contributed by atoms with Crippen molar-refractivity contribution in [2.45, 2.75) is 25.3 Å². The summed E-state index contributed by atoms with van der Waals surface area (Å²) in [5, 5.41) is 3.02. The molecule has 0 unspecified atom stereocenters. The molecule has 2 saturated heterocycles. The molecule has 0 aromatic heterocycles. The van der Waals surface area contributed by atoms with E-state index in [0.29, 0.717) is 45.6 Å². The number of imide groups is 1. The van der Waals surface area contributed by atoms with Crippen LogP contribution in [0.25, 0.3) is 0 Å². The molecule has 2 heterocycles. The van der Waals surface area contributed by atoms with Gasteiger partial charge in [-0.2, -0.15) is 0 Å². The zero-order chi connectivity index (χ0) is 23.3. The van der Waals surface area contributed by atoms with E-state index in [1.54, 1.807) is 11.8 Å². The van der Waals surface area contributed by atoms with Gasteiger partial charge in [-0.1, -0.05) is 60.7 Å². The summed E-state index contributed by atoms with van der Waals surface area (Å²) in [5.74, 6) is -0.215. The number of nitrogens with one attached hydrogen (secondary N) is 1.